The predicted molar refractivity (Wildman–Crippen MR) is 93.7 cm³/mol. The minimum Gasteiger partial charge on any atom is -0.459 e. The van der Waals surface area contributed by atoms with Crippen molar-refractivity contribution in [1.29, 1.82) is 0 Å². The smallest absolute Gasteiger partial charge is 0.330 e. The van der Waals surface area contributed by atoms with E-state index < -0.39 is 0 Å². The topological polar surface area (TPSA) is 26.3 Å². The fraction of sp³-hybridized carbons (Fsp3) is 0.850. The highest BCUT2D eigenvalue weighted by atomic mass is 16.5. The van der Waals surface area contributed by atoms with Crippen LogP contribution in [-0.4, -0.2) is 12.1 Å². The first-order chi connectivity index (χ1) is 10.5. The molecule has 0 unspecified atom stereocenters. The van der Waals surface area contributed by atoms with Crippen LogP contribution >= 0.6 is 0 Å². The lowest BCUT2D eigenvalue weighted by atomic mass is 9.75. The van der Waals surface area contributed by atoms with Gasteiger partial charge in [-0.05, 0) is 43.4 Å². The summed E-state index contributed by atoms with van der Waals surface area (Å²) in [4.78, 5) is 12.0. The summed E-state index contributed by atoms with van der Waals surface area (Å²) in [6.07, 6.45) is 14.6. The zero-order chi connectivity index (χ0) is 16.4. The van der Waals surface area contributed by atoms with Crippen LogP contribution in [0.15, 0.2) is 12.2 Å². The first kappa shape index (κ1) is 19.3. The third kappa shape index (κ3) is 7.47. The van der Waals surface area contributed by atoms with Gasteiger partial charge in [-0.3, -0.25) is 0 Å². The van der Waals surface area contributed by atoms with Gasteiger partial charge in [0.2, 0.25) is 0 Å². The molecule has 0 saturated heterocycles. The number of carbonyl (C=O) groups excluding carboxylic acids is 1. The van der Waals surface area contributed by atoms with Crippen molar-refractivity contribution in [1.82, 2.24) is 0 Å². The molecule has 0 N–H and O–H groups in total. The van der Waals surface area contributed by atoms with Gasteiger partial charge in [0.1, 0.15) is 6.10 Å². The maximum absolute atomic E-state index is 12.0. The van der Waals surface area contributed by atoms with E-state index in [1.165, 1.54) is 44.9 Å². The molecule has 128 valence electrons. The zero-order valence-electron chi connectivity index (χ0n) is 15.1. The van der Waals surface area contributed by atoms with Crippen LogP contribution in [0, 0.1) is 17.8 Å². The van der Waals surface area contributed by atoms with Crippen LogP contribution in [0.4, 0.5) is 0 Å². The van der Waals surface area contributed by atoms with Crippen molar-refractivity contribution < 1.29 is 9.53 Å². The summed E-state index contributed by atoms with van der Waals surface area (Å²) >= 11 is 0. The van der Waals surface area contributed by atoms with Gasteiger partial charge in [0.25, 0.3) is 0 Å². The van der Waals surface area contributed by atoms with Gasteiger partial charge in [-0.25, -0.2) is 4.79 Å². The Morgan fingerprint density at radius 2 is 1.91 bits per heavy atom. The summed E-state index contributed by atoms with van der Waals surface area (Å²) in [7, 11) is 0. The number of carbonyl (C=O) groups is 1. The molecular formula is C20H36O2. The molecule has 2 heteroatoms. The van der Waals surface area contributed by atoms with Crippen LogP contribution in [0.3, 0.4) is 0 Å². The van der Waals surface area contributed by atoms with Gasteiger partial charge in [-0.15, -0.1) is 0 Å². The van der Waals surface area contributed by atoms with Gasteiger partial charge >= 0.3 is 5.97 Å². The van der Waals surface area contributed by atoms with E-state index in [1.54, 1.807) is 6.08 Å². The molecule has 0 aromatic carbocycles. The molecule has 22 heavy (non-hydrogen) atoms. The van der Waals surface area contributed by atoms with Crippen molar-refractivity contribution in [3.05, 3.63) is 12.2 Å². The minimum atomic E-state index is -0.140. The fourth-order valence-electron chi connectivity index (χ4n) is 3.48. The van der Waals surface area contributed by atoms with E-state index in [4.69, 9.17) is 4.74 Å². The second-order valence-electron chi connectivity index (χ2n) is 7.41. The van der Waals surface area contributed by atoms with E-state index in [0.29, 0.717) is 17.8 Å². The lowest BCUT2D eigenvalue weighted by molar-refractivity contribution is -0.149. The Kier molecular flexibility index (Phi) is 9.50. The van der Waals surface area contributed by atoms with E-state index in [0.717, 1.165) is 12.8 Å². The Labute approximate surface area is 137 Å². The molecule has 1 saturated carbocycles. The Bertz CT molecular complexity index is 333. The van der Waals surface area contributed by atoms with Gasteiger partial charge in [0.05, 0.1) is 0 Å². The van der Waals surface area contributed by atoms with Gasteiger partial charge in [-0.1, -0.05) is 65.9 Å². The van der Waals surface area contributed by atoms with E-state index in [-0.39, 0.29) is 12.1 Å². The van der Waals surface area contributed by atoms with Crippen molar-refractivity contribution in [3.63, 3.8) is 0 Å². The van der Waals surface area contributed by atoms with E-state index in [9.17, 15) is 4.79 Å². The number of unbranched alkanes of at least 4 members (excludes halogenated alkanes) is 5. The summed E-state index contributed by atoms with van der Waals surface area (Å²) in [5.41, 5.74) is 0. The van der Waals surface area contributed by atoms with Crippen molar-refractivity contribution in [2.24, 2.45) is 17.8 Å². The molecule has 0 aliphatic heterocycles. The van der Waals surface area contributed by atoms with Gasteiger partial charge in [0, 0.05) is 6.08 Å². The molecule has 1 aliphatic carbocycles. The molecule has 0 radical (unpaired) electrons. The summed E-state index contributed by atoms with van der Waals surface area (Å²) in [5.74, 6) is 1.66. The lowest BCUT2D eigenvalue weighted by Crippen LogP contribution is -2.35. The largest absolute Gasteiger partial charge is 0.459 e. The van der Waals surface area contributed by atoms with Crippen LogP contribution in [0.2, 0.25) is 0 Å². The summed E-state index contributed by atoms with van der Waals surface area (Å²) < 4.78 is 5.76. The number of allylic oxidation sites excluding steroid dienone is 1. The Morgan fingerprint density at radius 1 is 1.18 bits per heavy atom. The molecule has 0 heterocycles. The highest BCUT2D eigenvalue weighted by Crippen LogP contribution is 2.35. The molecule has 0 aromatic heterocycles. The third-order valence-corrected chi connectivity index (χ3v) is 4.96. The predicted octanol–water partition coefficient (Wildman–Crippen LogP) is 5.91. The number of hydrogen-bond donors (Lipinski definition) is 0. The van der Waals surface area contributed by atoms with Gasteiger partial charge in [-0.2, -0.15) is 0 Å². The number of hydrogen-bond acceptors (Lipinski definition) is 2. The van der Waals surface area contributed by atoms with E-state index in [1.807, 2.05) is 6.08 Å². The fourth-order valence-corrected chi connectivity index (χ4v) is 3.48. The van der Waals surface area contributed by atoms with Crippen LogP contribution in [0.5, 0.6) is 0 Å². The summed E-state index contributed by atoms with van der Waals surface area (Å²) in [6.45, 7) is 8.98. The van der Waals surface area contributed by atoms with Crippen LogP contribution in [0.1, 0.15) is 85.5 Å². The SMILES string of the molecule is CCCCCCC/C=C/C(=O)O[C@@H]1C[C@H](C)CC[C@H]1C(C)C. The third-order valence-electron chi connectivity index (χ3n) is 4.96. The van der Waals surface area contributed by atoms with E-state index in [2.05, 4.69) is 27.7 Å². The molecule has 0 amide bonds. The lowest BCUT2D eigenvalue weighted by Gasteiger charge is -2.36. The van der Waals surface area contributed by atoms with Crippen LogP contribution < -0.4 is 0 Å². The van der Waals surface area contributed by atoms with Crippen LogP contribution in [0.25, 0.3) is 0 Å². The summed E-state index contributed by atoms with van der Waals surface area (Å²) in [6, 6.07) is 0. The second kappa shape index (κ2) is 10.9. The second-order valence-corrected chi connectivity index (χ2v) is 7.41. The monoisotopic (exact) mass is 308 g/mol. The maximum atomic E-state index is 12.0. The quantitative estimate of drug-likeness (QED) is 0.301. The van der Waals surface area contributed by atoms with Crippen molar-refractivity contribution in [2.75, 3.05) is 0 Å². The van der Waals surface area contributed by atoms with Gasteiger partial charge in [0.15, 0.2) is 0 Å². The van der Waals surface area contributed by atoms with Gasteiger partial charge < -0.3 is 4.74 Å². The highest BCUT2D eigenvalue weighted by molar-refractivity contribution is 5.82. The molecule has 1 aliphatic rings. The molecule has 3 atom stereocenters. The first-order valence-corrected chi connectivity index (χ1v) is 9.41. The molecule has 1 rings (SSSR count). The Hall–Kier alpha value is -0.790. The number of rotatable bonds is 9. The number of esters is 1. The van der Waals surface area contributed by atoms with Crippen LogP contribution in [-0.2, 0) is 9.53 Å². The Balaban J connectivity index is 2.29. The highest BCUT2D eigenvalue weighted by Gasteiger charge is 2.32. The molecule has 1 fully saturated rings. The molecule has 0 aromatic rings. The maximum Gasteiger partial charge on any atom is 0.330 e. The molecule has 0 spiro atoms. The van der Waals surface area contributed by atoms with Crippen molar-refractivity contribution in [3.8, 4) is 0 Å². The molecule has 0 bridgehead atoms. The average molecular weight is 309 g/mol. The Morgan fingerprint density at radius 3 is 2.59 bits per heavy atom. The average Bonchev–Trinajstić information content (AvgIpc) is 2.46. The number of ether oxygens (including phenoxy) is 1. The standard InChI is InChI=1S/C20H36O2/c1-5-6-7-8-9-10-11-12-20(21)22-19-15-17(4)13-14-18(19)16(2)3/h11-12,16-19H,5-10,13-15H2,1-4H3/b12-11+/t17-,18+,19-/m1/s1. The minimum absolute atomic E-state index is 0.116. The zero-order valence-corrected chi connectivity index (χ0v) is 15.1. The van der Waals surface area contributed by atoms with Crippen molar-refractivity contribution in [2.45, 2.75) is 91.6 Å². The van der Waals surface area contributed by atoms with Crippen molar-refractivity contribution >= 4 is 5.97 Å². The normalized spacial score (nSPS) is 25.8. The molecule has 2 nitrogen and oxygen atoms in total. The van der Waals surface area contributed by atoms with E-state index >= 15 is 0 Å². The molecular weight excluding hydrogens is 272 g/mol. The summed E-state index contributed by atoms with van der Waals surface area (Å²) in [5, 5.41) is 0. The first-order valence-electron chi connectivity index (χ1n) is 9.41.